The molecule has 0 radical (unpaired) electrons. The Morgan fingerprint density at radius 1 is 1.24 bits per heavy atom. The zero-order valence-corrected chi connectivity index (χ0v) is 12.8. The van der Waals surface area contributed by atoms with Crippen LogP contribution in [0.4, 0.5) is 0 Å². The summed E-state index contributed by atoms with van der Waals surface area (Å²) >= 11 is 1.40. The number of aromatic nitrogens is 1. The molecular formula is C16H19N3OS. The lowest BCUT2D eigenvalue weighted by Crippen LogP contribution is -2.52. The van der Waals surface area contributed by atoms with Crippen molar-refractivity contribution in [3.05, 3.63) is 30.0 Å². The quantitative estimate of drug-likeness (QED) is 0.947. The van der Waals surface area contributed by atoms with Crippen molar-refractivity contribution in [1.29, 1.82) is 0 Å². The molecule has 2 aromatic rings. The molecule has 3 saturated heterocycles. The average Bonchev–Trinajstić information content (AvgIpc) is 2.99. The molecule has 3 aliphatic rings. The van der Waals surface area contributed by atoms with Crippen LogP contribution in [-0.4, -0.2) is 41.4 Å². The van der Waals surface area contributed by atoms with Gasteiger partial charge in [0.05, 0.1) is 4.70 Å². The van der Waals surface area contributed by atoms with Crippen molar-refractivity contribution in [2.24, 2.45) is 5.41 Å². The Morgan fingerprint density at radius 2 is 1.95 bits per heavy atom. The lowest BCUT2D eigenvalue weighted by atomic mass is 9.72. The minimum absolute atomic E-state index is 0.0187. The normalized spacial score (nSPS) is 27.9. The van der Waals surface area contributed by atoms with Crippen LogP contribution in [0.15, 0.2) is 24.3 Å². The van der Waals surface area contributed by atoms with Crippen molar-refractivity contribution in [1.82, 2.24) is 14.6 Å². The maximum absolute atomic E-state index is 12.5. The van der Waals surface area contributed by atoms with Gasteiger partial charge in [-0.1, -0.05) is 18.2 Å². The number of carbonyl (C=O) groups is 1. The lowest BCUT2D eigenvalue weighted by Gasteiger charge is -2.48. The largest absolute Gasteiger partial charge is 0.350 e. The zero-order valence-electron chi connectivity index (χ0n) is 12.0. The summed E-state index contributed by atoms with van der Waals surface area (Å²) in [7, 11) is 0. The van der Waals surface area contributed by atoms with Crippen LogP contribution in [0, 0.1) is 5.41 Å². The van der Waals surface area contributed by atoms with Crippen molar-refractivity contribution in [3.63, 3.8) is 0 Å². The van der Waals surface area contributed by atoms with E-state index in [-0.39, 0.29) is 5.91 Å². The van der Waals surface area contributed by atoms with E-state index < -0.39 is 0 Å². The third-order valence-corrected chi connectivity index (χ3v) is 5.92. The molecule has 0 unspecified atom stereocenters. The van der Waals surface area contributed by atoms with Crippen LogP contribution in [0.3, 0.4) is 0 Å². The molecule has 2 bridgehead atoms. The van der Waals surface area contributed by atoms with E-state index in [9.17, 15) is 4.79 Å². The molecule has 0 spiro atoms. The third-order valence-electron chi connectivity index (χ3n) is 5.09. The number of amides is 1. The minimum atomic E-state index is -0.0187. The average molecular weight is 301 g/mol. The summed E-state index contributed by atoms with van der Waals surface area (Å²) in [5.74, 6) is -0.0187. The lowest BCUT2D eigenvalue weighted by molar-refractivity contribution is 0.0262. The molecule has 1 aromatic carbocycles. The molecule has 1 amide bonds. The first-order valence-electron chi connectivity index (χ1n) is 7.61. The van der Waals surface area contributed by atoms with Gasteiger partial charge >= 0.3 is 0 Å². The van der Waals surface area contributed by atoms with Crippen LogP contribution in [0.1, 0.15) is 29.8 Å². The first-order valence-corrected chi connectivity index (χ1v) is 8.38. The van der Waals surface area contributed by atoms with Gasteiger partial charge in [-0.15, -0.1) is 0 Å². The van der Waals surface area contributed by atoms with Crippen LogP contribution in [0.2, 0.25) is 0 Å². The molecule has 0 aliphatic carbocycles. The molecule has 5 heteroatoms. The monoisotopic (exact) mass is 301 g/mol. The van der Waals surface area contributed by atoms with Crippen molar-refractivity contribution in [3.8, 4) is 0 Å². The second-order valence-corrected chi connectivity index (χ2v) is 7.11. The molecule has 110 valence electrons. The molecule has 3 fully saturated rings. The maximum Gasteiger partial charge on any atom is 0.271 e. The van der Waals surface area contributed by atoms with Crippen LogP contribution in [0.5, 0.6) is 0 Å². The fraction of sp³-hybridized carbons (Fsp3) is 0.500. The van der Waals surface area contributed by atoms with Gasteiger partial charge in [0.1, 0.15) is 5.69 Å². The smallest absolute Gasteiger partial charge is 0.271 e. The Balaban J connectivity index is 1.48. The van der Waals surface area contributed by atoms with Crippen molar-refractivity contribution >= 4 is 27.5 Å². The van der Waals surface area contributed by atoms with Crippen molar-refractivity contribution in [2.45, 2.75) is 19.3 Å². The summed E-state index contributed by atoms with van der Waals surface area (Å²) in [6, 6.07) is 7.93. The van der Waals surface area contributed by atoms with Gasteiger partial charge in [-0.25, -0.2) is 0 Å². The first-order chi connectivity index (χ1) is 10.3. The molecule has 1 N–H and O–H groups in total. The number of benzene rings is 1. The predicted molar refractivity (Wildman–Crippen MR) is 84.7 cm³/mol. The summed E-state index contributed by atoms with van der Waals surface area (Å²) in [4.78, 5) is 15.0. The Kier molecular flexibility index (Phi) is 3.19. The highest BCUT2D eigenvalue weighted by Gasteiger charge is 2.39. The number of piperidine rings is 3. The van der Waals surface area contributed by atoms with E-state index in [1.807, 2.05) is 24.3 Å². The van der Waals surface area contributed by atoms with Crippen LogP contribution in [-0.2, 0) is 0 Å². The predicted octanol–water partition coefficient (Wildman–Crippen LogP) is 2.51. The zero-order chi connectivity index (χ0) is 14.3. The number of carbonyl (C=O) groups excluding carboxylic acids is 1. The Hall–Kier alpha value is -1.46. The first kappa shape index (κ1) is 13.2. The molecular weight excluding hydrogens is 282 g/mol. The second kappa shape index (κ2) is 5.07. The number of nitrogens with zero attached hydrogens (tertiary/aromatic N) is 2. The number of hydrogen-bond donors (Lipinski definition) is 1. The molecule has 5 rings (SSSR count). The number of nitrogens with one attached hydrogen (secondary N) is 1. The van der Waals surface area contributed by atoms with Gasteiger partial charge in [0.2, 0.25) is 0 Å². The van der Waals surface area contributed by atoms with E-state index in [1.54, 1.807) is 0 Å². The molecule has 21 heavy (non-hydrogen) atoms. The molecule has 1 aromatic heterocycles. The van der Waals surface area contributed by atoms with Crippen molar-refractivity contribution in [2.75, 3.05) is 26.2 Å². The highest BCUT2D eigenvalue weighted by molar-refractivity contribution is 7.13. The number of rotatable bonds is 3. The van der Waals surface area contributed by atoms with E-state index in [4.69, 9.17) is 0 Å². The van der Waals surface area contributed by atoms with Gasteiger partial charge in [0, 0.05) is 11.9 Å². The van der Waals surface area contributed by atoms with E-state index >= 15 is 0 Å². The molecule has 4 heterocycles. The summed E-state index contributed by atoms with van der Waals surface area (Å²) in [6.07, 6.45) is 3.64. The summed E-state index contributed by atoms with van der Waals surface area (Å²) in [6.45, 7) is 4.37. The SMILES string of the molecule is O=C(NCC12CCN(CC1)CC2)c1nsc2ccccc12. The minimum Gasteiger partial charge on any atom is -0.350 e. The van der Waals surface area contributed by atoms with Gasteiger partial charge in [0.25, 0.3) is 5.91 Å². The Labute approximate surface area is 128 Å². The Bertz CT molecular complexity index is 659. The molecule has 4 nitrogen and oxygen atoms in total. The van der Waals surface area contributed by atoms with Crippen LogP contribution < -0.4 is 5.32 Å². The van der Waals surface area contributed by atoms with Crippen LogP contribution in [0.25, 0.3) is 10.1 Å². The summed E-state index contributed by atoms with van der Waals surface area (Å²) in [5.41, 5.74) is 0.913. The maximum atomic E-state index is 12.5. The van der Waals surface area contributed by atoms with E-state index in [0.717, 1.165) is 16.6 Å². The van der Waals surface area contributed by atoms with Crippen molar-refractivity contribution < 1.29 is 4.79 Å². The number of fused-ring (bicyclic) bond motifs is 4. The second-order valence-electron chi connectivity index (χ2n) is 6.30. The highest BCUT2D eigenvalue weighted by atomic mass is 32.1. The standard InChI is InChI=1S/C16H19N3OS/c20-15(14-12-3-1-2-4-13(12)21-18-14)17-11-16-5-8-19(9-6-16)10-7-16/h1-4H,5-11H2,(H,17,20). The summed E-state index contributed by atoms with van der Waals surface area (Å²) < 4.78 is 5.41. The Morgan fingerprint density at radius 3 is 2.71 bits per heavy atom. The topological polar surface area (TPSA) is 45.2 Å². The fourth-order valence-corrected chi connectivity index (χ4v) is 4.34. The third kappa shape index (κ3) is 2.34. The van der Waals surface area contributed by atoms with E-state index in [0.29, 0.717) is 11.1 Å². The fourth-order valence-electron chi connectivity index (χ4n) is 3.56. The van der Waals surface area contributed by atoms with Gasteiger partial charge in [0.15, 0.2) is 0 Å². The molecule has 0 atom stereocenters. The van der Waals surface area contributed by atoms with E-state index in [1.165, 1.54) is 50.4 Å². The summed E-state index contributed by atoms with van der Waals surface area (Å²) in [5, 5.41) is 4.12. The van der Waals surface area contributed by atoms with Crippen LogP contribution >= 0.6 is 11.5 Å². The van der Waals surface area contributed by atoms with Gasteiger partial charge in [-0.3, -0.25) is 4.79 Å². The van der Waals surface area contributed by atoms with Gasteiger partial charge < -0.3 is 10.2 Å². The highest BCUT2D eigenvalue weighted by Crippen LogP contribution is 2.39. The molecule has 3 aliphatic heterocycles. The van der Waals surface area contributed by atoms with Gasteiger partial charge in [-0.2, -0.15) is 4.37 Å². The number of hydrogen-bond acceptors (Lipinski definition) is 4. The molecule has 0 saturated carbocycles. The van der Waals surface area contributed by atoms with E-state index in [2.05, 4.69) is 14.6 Å². The van der Waals surface area contributed by atoms with Gasteiger partial charge in [-0.05, 0) is 61.9 Å².